The SMILES string of the molecule is CN=C(NCCN1CCc2cc(OC)c(OC)cc2C1)N(C)Cc1ccccc1. The molecule has 0 spiro atoms. The third-order valence-corrected chi connectivity index (χ3v) is 5.34. The van der Waals surface area contributed by atoms with Gasteiger partial charge in [-0.15, -0.1) is 0 Å². The molecule has 1 aliphatic rings. The van der Waals surface area contributed by atoms with E-state index in [0.717, 1.165) is 56.6 Å². The summed E-state index contributed by atoms with van der Waals surface area (Å²) in [6.07, 6.45) is 1.03. The molecule has 0 aromatic heterocycles. The van der Waals surface area contributed by atoms with Crippen LogP contribution >= 0.6 is 0 Å². The number of nitrogens with one attached hydrogen (secondary N) is 1. The first-order chi connectivity index (χ1) is 14.1. The van der Waals surface area contributed by atoms with E-state index in [9.17, 15) is 0 Å². The average Bonchev–Trinajstić information content (AvgIpc) is 2.76. The quantitative estimate of drug-likeness (QED) is 0.576. The van der Waals surface area contributed by atoms with Crippen LogP contribution in [0, 0.1) is 0 Å². The highest BCUT2D eigenvalue weighted by Crippen LogP contribution is 2.33. The number of ether oxygens (including phenoxy) is 2. The van der Waals surface area contributed by atoms with Crippen LogP contribution in [0.3, 0.4) is 0 Å². The molecule has 0 atom stereocenters. The summed E-state index contributed by atoms with van der Waals surface area (Å²) in [6.45, 7) is 4.62. The van der Waals surface area contributed by atoms with Crippen LogP contribution in [0.15, 0.2) is 47.5 Å². The van der Waals surface area contributed by atoms with Crippen LogP contribution in [0.25, 0.3) is 0 Å². The molecule has 1 heterocycles. The molecule has 0 saturated carbocycles. The van der Waals surface area contributed by atoms with Gasteiger partial charge in [0.1, 0.15) is 0 Å². The van der Waals surface area contributed by atoms with E-state index >= 15 is 0 Å². The molecule has 0 aliphatic carbocycles. The lowest BCUT2D eigenvalue weighted by atomic mass is 9.99. The minimum Gasteiger partial charge on any atom is -0.493 e. The van der Waals surface area contributed by atoms with E-state index in [2.05, 4.69) is 63.6 Å². The number of fused-ring (bicyclic) bond motifs is 1. The molecule has 1 aliphatic heterocycles. The molecule has 1 N–H and O–H groups in total. The fourth-order valence-corrected chi connectivity index (χ4v) is 3.78. The Bertz CT molecular complexity index is 823. The van der Waals surface area contributed by atoms with Crippen LogP contribution in [-0.4, -0.2) is 63.7 Å². The summed E-state index contributed by atoms with van der Waals surface area (Å²) in [4.78, 5) is 9.04. The summed E-state index contributed by atoms with van der Waals surface area (Å²) < 4.78 is 10.9. The number of nitrogens with zero attached hydrogens (tertiary/aromatic N) is 3. The van der Waals surface area contributed by atoms with E-state index in [1.807, 2.05) is 13.1 Å². The van der Waals surface area contributed by atoms with Gasteiger partial charge < -0.3 is 19.7 Å². The van der Waals surface area contributed by atoms with Crippen molar-refractivity contribution in [3.8, 4) is 11.5 Å². The first-order valence-corrected chi connectivity index (χ1v) is 10.1. The molecular weight excluding hydrogens is 364 g/mol. The lowest BCUT2D eigenvalue weighted by Gasteiger charge is -2.30. The van der Waals surface area contributed by atoms with Gasteiger partial charge in [-0.2, -0.15) is 0 Å². The first-order valence-electron chi connectivity index (χ1n) is 10.1. The van der Waals surface area contributed by atoms with E-state index in [1.165, 1.54) is 16.7 Å². The summed E-state index contributed by atoms with van der Waals surface area (Å²) in [6, 6.07) is 14.7. The van der Waals surface area contributed by atoms with Crippen LogP contribution in [0.2, 0.25) is 0 Å². The van der Waals surface area contributed by atoms with Crippen molar-refractivity contribution in [2.24, 2.45) is 4.99 Å². The molecule has 0 radical (unpaired) electrons. The second-order valence-electron chi connectivity index (χ2n) is 7.32. The topological polar surface area (TPSA) is 49.3 Å². The largest absolute Gasteiger partial charge is 0.493 e. The van der Waals surface area contributed by atoms with E-state index in [1.54, 1.807) is 14.2 Å². The fraction of sp³-hybridized carbons (Fsp3) is 0.435. The van der Waals surface area contributed by atoms with Crippen molar-refractivity contribution in [3.05, 3.63) is 59.2 Å². The Balaban J connectivity index is 1.51. The summed E-state index contributed by atoms with van der Waals surface area (Å²) >= 11 is 0. The number of guanidine groups is 1. The molecule has 2 aromatic carbocycles. The Morgan fingerprint density at radius 1 is 1.10 bits per heavy atom. The van der Waals surface area contributed by atoms with Crippen molar-refractivity contribution in [3.63, 3.8) is 0 Å². The van der Waals surface area contributed by atoms with Gasteiger partial charge in [0.15, 0.2) is 17.5 Å². The van der Waals surface area contributed by atoms with E-state index in [-0.39, 0.29) is 0 Å². The smallest absolute Gasteiger partial charge is 0.193 e. The average molecular weight is 397 g/mol. The van der Waals surface area contributed by atoms with Gasteiger partial charge in [0.25, 0.3) is 0 Å². The van der Waals surface area contributed by atoms with Crippen LogP contribution in [0.4, 0.5) is 0 Å². The van der Waals surface area contributed by atoms with Gasteiger partial charge in [-0.25, -0.2) is 0 Å². The van der Waals surface area contributed by atoms with E-state index in [4.69, 9.17) is 9.47 Å². The Labute approximate surface area is 174 Å². The van der Waals surface area contributed by atoms with E-state index < -0.39 is 0 Å². The monoisotopic (exact) mass is 396 g/mol. The van der Waals surface area contributed by atoms with Crippen molar-refractivity contribution >= 4 is 5.96 Å². The van der Waals surface area contributed by atoms with Gasteiger partial charge in [-0.05, 0) is 35.2 Å². The predicted molar refractivity (Wildman–Crippen MR) is 118 cm³/mol. The molecule has 0 unspecified atom stereocenters. The predicted octanol–water partition coefficient (Wildman–Crippen LogP) is 2.77. The molecular formula is C23H32N4O2. The van der Waals surface area contributed by atoms with Gasteiger partial charge in [-0.1, -0.05) is 30.3 Å². The minimum absolute atomic E-state index is 0.800. The third-order valence-electron chi connectivity index (χ3n) is 5.34. The van der Waals surface area contributed by atoms with Crippen LogP contribution in [0.5, 0.6) is 11.5 Å². The van der Waals surface area contributed by atoms with Crippen LogP contribution in [-0.2, 0) is 19.5 Å². The normalized spacial score (nSPS) is 14.3. The Morgan fingerprint density at radius 3 is 2.45 bits per heavy atom. The number of methoxy groups -OCH3 is 2. The van der Waals surface area contributed by atoms with Crippen molar-refractivity contribution in [2.45, 2.75) is 19.5 Å². The second kappa shape index (κ2) is 10.2. The summed E-state index contributed by atoms with van der Waals surface area (Å²) in [5.74, 6) is 2.53. The van der Waals surface area contributed by atoms with Crippen molar-refractivity contribution < 1.29 is 9.47 Å². The van der Waals surface area contributed by atoms with Crippen LogP contribution < -0.4 is 14.8 Å². The number of rotatable bonds is 7. The summed E-state index contributed by atoms with van der Waals surface area (Å²) in [5.41, 5.74) is 3.94. The molecule has 29 heavy (non-hydrogen) atoms. The zero-order valence-electron chi connectivity index (χ0n) is 17.9. The van der Waals surface area contributed by atoms with Crippen molar-refractivity contribution in [2.75, 3.05) is 47.9 Å². The minimum atomic E-state index is 0.800. The molecule has 6 nitrogen and oxygen atoms in total. The fourth-order valence-electron chi connectivity index (χ4n) is 3.78. The van der Waals surface area contributed by atoms with Gasteiger partial charge in [0.05, 0.1) is 14.2 Å². The summed E-state index contributed by atoms with van der Waals surface area (Å²) in [7, 11) is 7.28. The van der Waals surface area contributed by atoms with Crippen LogP contribution in [0.1, 0.15) is 16.7 Å². The van der Waals surface area contributed by atoms with Crippen molar-refractivity contribution in [1.29, 1.82) is 0 Å². The maximum absolute atomic E-state index is 5.46. The number of hydrogen-bond donors (Lipinski definition) is 1. The molecule has 0 amide bonds. The number of benzene rings is 2. The summed E-state index contributed by atoms with van der Waals surface area (Å²) in [5, 5.41) is 3.49. The third kappa shape index (κ3) is 5.41. The molecule has 3 rings (SSSR count). The molecule has 0 bridgehead atoms. The maximum Gasteiger partial charge on any atom is 0.193 e. The molecule has 6 heteroatoms. The molecule has 2 aromatic rings. The zero-order chi connectivity index (χ0) is 20.6. The van der Waals surface area contributed by atoms with Gasteiger partial charge >= 0.3 is 0 Å². The highest BCUT2D eigenvalue weighted by Gasteiger charge is 2.19. The number of hydrogen-bond acceptors (Lipinski definition) is 4. The molecule has 156 valence electrons. The highest BCUT2D eigenvalue weighted by atomic mass is 16.5. The molecule has 0 fully saturated rings. The number of aliphatic imine (C=N–C) groups is 1. The van der Waals surface area contributed by atoms with Crippen molar-refractivity contribution in [1.82, 2.24) is 15.1 Å². The molecule has 0 saturated heterocycles. The Morgan fingerprint density at radius 2 is 1.79 bits per heavy atom. The van der Waals surface area contributed by atoms with E-state index in [0.29, 0.717) is 0 Å². The van der Waals surface area contributed by atoms with Gasteiger partial charge in [0.2, 0.25) is 0 Å². The van der Waals surface area contributed by atoms with Gasteiger partial charge in [-0.3, -0.25) is 9.89 Å². The Hall–Kier alpha value is -2.73. The van der Waals surface area contributed by atoms with Gasteiger partial charge in [0, 0.05) is 46.8 Å². The zero-order valence-corrected chi connectivity index (χ0v) is 17.9. The lowest BCUT2D eigenvalue weighted by molar-refractivity contribution is 0.255. The lowest BCUT2D eigenvalue weighted by Crippen LogP contribution is -2.43. The highest BCUT2D eigenvalue weighted by molar-refractivity contribution is 5.79. The standard InChI is InChI=1S/C23H32N4O2/c1-24-23(26(2)16-18-8-6-5-7-9-18)25-11-13-27-12-10-19-14-21(28-3)22(29-4)15-20(19)17-27/h5-9,14-15H,10-13,16-17H2,1-4H3,(H,24,25). The first kappa shape index (κ1) is 21.0. The second-order valence-corrected chi connectivity index (χ2v) is 7.32. The maximum atomic E-state index is 5.46. The Kier molecular flexibility index (Phi) is 7.36.